The van der Waals surface area contributed by atoms with Gasteiger partial charge in [-0.15, -0.1) is 0 Å². The molecule has 3 N–H and O–H groups in total. The number of aromatic nitrogens is 1. The van der Waals surface area contributed by atoms with Crippen LogP contribution in [0.2, 0.25) is 0 Å². The van der Waals surface area contributed by atoms with Gasteiger partial charge in [-0.05, 0) is 44.3 Å². The van der Waals surface area contributed by atoms with Crippen LogP contribution < -0.4 is 11.1 Å². The summed E-state index contributed by atoms with van der Waals surface area (Å²) in [4.78, 5) is 2.59. The second-order valence-corrected chi connectivity index (χ2v) is 6.14. The minimum Gasteiger partial charge on any atom is -0.383 e. The Morgan fingerprint density at radius 3 is 2.71 bits per heavy atom. The molecule has 2 atom stereocenters. The van der Waals surface area contributed by atoms with Crippen LogP contribution in [0.1, 0.15) is 32.1 Å². The first-order chi connectivity index (χ1) is 8.22. The molecule has 3 rings (SSSR count). The highest BCUT2D eigenvalue weighted by Gasteiger charge is 2.35. The van der Waals surface area contributed by atoms with Gasteiger partial charge in [-0.2, -0.15) is 4.37 Å². The van der Waals surface area contributed by atoms with Gasteiger partial charge in [-0.25, -0.2) is 0 Å². The van der Waals surface area contributed by atoms with Crippen molar-refractivity contribution in [3.8, 4) is 0 Å². The monoisotopic (exact) mass is 252 g/mol. The molecule has 2 saturated heterocycles. The van der Waals surface area contributed by atoms with Crippen molar-refractivity contribution in [1.29, 1.82) is 0 Å². The number of nitrogens with one attached hydrogen (secondary N) is 1. The van der Waals surface area contributed by atoms with Gasteiger partial charge in [0.15, 0.2) is 0 Å². The maximum absolute atomic E-state index is 5.65. The van der Waals surface area contributed by atoms with Crippen molar-refractivity contribution >= 4 is 22.4 Å². The molecule has 1 aromatic rings. The zero-order valence-electron chi connectivity index (χ0n) is 10.2. The summed E-state index contributed by atoms with van der Waals surface area (Å²) in [5.41, 5.74) is 5.65. The number of piperidine rings is 2. The number of rotatable bonds is 2. The van der Waals surface area contributed by atoms with Gasteiger partial charge in [0, 0.05) is 24.2 Å². The molecule has 94 valence electrons. The van der Waals surface area contributed by atoms with Crippen LogP contribution in [0, 0.1) is 0 Å². The third-order valence-corrected chi connectivity index (χ3v) is 4.95. The summed E-state index contributed by atoms with van der Waals surface area (Å²) < 4.78 is 4.12. The highest BCUT2D eigenvalue weighted by molar-refractivity contribution is 7.10. The fourth-order valence-corrected chi connectivity index (χ4v) is 3.94. The van der Waals surface area contributed by atoms with Crippen molar-refractivity contribution < 1.29 is 0 Å². The van der Waals surface area contributed by atoms with Gasteiger partial charge in [0.05, 0.1) is 0 Å². The lowest BCUT2D eigenvalue weighted by atomic mass is 9.82. The van der Waals surface area contributed by atoms with E-state index in [4.69, 9.17) is 5.73 Å². The second kappa shape index (κ2) is 4.46. The van der Waals surface area contributed by atoms with E-state index in [-0.39, 0.29) is 0 Å². The summed E-state index contributed by atoms with van der Waals surface area (Å²) in [6.45, 7) is 0. The van der Waals surface area contributed by atoms with Crippen LogP contribution in [0.5, 0.6) is 0 Å². The van der Waals surface area contributed by atoms with E-state index in [0.717, 1.165) is 17.1 Å². The Bertz CT molecular complexity index is 378. The lowest BCUT2D eigenvalue weighted by Gasteiger charge is -2.47. The van der Waals surface area contributed by atoms with Crippen molar-refractivity contribution in [3.63, 3.8) is 0 Å². The van der Waals surface area contributed by atoms with E-state index in [1.807, 2.05) is 6.07 Å². The number of nitrogens with zero attached hydrogens (tertiary/aromatic N) is 2. The fraction of sp³-hybridized carbons (Fsp3) is 0.750. The Balaban J connectivity index is 1.66. The highest BCUT2D eigenvalue weighted by atomic mass is 32.1. The Kier molecular flexibility index (Phi) is 2.96. The van der Waals surface area contributed by atoms with Crippen LogP contribution in [-0.4, -0.2) is 34.4 Å². The molecule has 5 heteroatoms. The SMILES string of the molecule is CN1C2CCCC1CC(Nc1cc(N)ns1)C2. The summed E-state index contributed by atoms with van der Waals surface area (Å²) in [5, 5.41) is 4.72. The van der Waals surface area contributed by atoms with E-state index in [1.54, 1.807) is 0 Å². The Morgan fingerprint density at radius 2 is 2.12 bits per heavy atom. The molecule has 4 nitrogen and oxygen atoms in total. The average molecular weight is 252 g/mol. The number of anilines is 2. The van der Waals surface area contributed by atoms with E-state index in [2.05, 4.69) is 21.6 Å². The molecule has 2 unspecified atom stereocenters. The molecule has 3 heterocycles. The molecule has 2 aliphatic heterocycles. The molecule has 0 amide bonds. The lowest BCUT2D eigenvalue weighted by molar-refractivity contribution is 0.0609. The fourth-order valence-electron chi connectivity index (χ4n) is 3.29. The largest absolute Gasteiger partial charge is 0.383 e. The zero-order valence-corrected chi connectivity index (χ0v) is 11.0. The number of fused-ring (bicyclic) bond motifs is 2. The van der Waals surface area contributed by atoms with Gasteiger partial charge in [0.1, 0.15) is 10.8 Å². The molecule has 0 radical (unpaired) electrons. The van der Waals surface area contributed by atoms with Gasteiger partial charge in [0.2, 0.25) is 0 Å². The molecule has 17 heavy (non-hydrogen) atoms. The topological polar surface area (TPSA) is 54.2 Å². The molecular weight excluding hydrogens is 232 g/mol. The first-order valence-corrected chi connectivity index (χ1v) is 7.20. The van der Waals surface area contributed by atoms with E-state index >= 15 is 0 Å². The van der Waals surface area contributed by atoms with Crippen molar-refractivity contribution in [2.24, 2.45) is 0 Å². The molecular formula is C12H20N4S. The first kappa shape index (κ1) is 11.3. The lowest BCUT2D eigenvalue weighted by Crippen LogP contribution is -2.52. The minimum absolute atomic E-state index is 0.598. The molecule has 2 bridgehead atoms. The normalized spacial score (nSPS) is 33.6. The summed E-state index contributed by atoms with van der Waals surface area (Å²) in [5.74, 6) is 0.630. The van der Waals surface area contributed by atoms with Crippen LogP contribution in [0.25, 0.3) is 0 Å². The van der Waals surface area contributed by atoms with Crippen LogP contribution in [0.4, 0.5) is 10.8 Å². The van der Waals surface area contributed by atoms with Crippen molar-refractivity contribution in [2.45, 2.75) is 50.2 Å². The van der Waals surface area contributed by atoms with Gasteiger partial charge >= 0.3 is 0 Å². The van der Waals surface area contributed by atoms with Gasteiger partial charge < -0.3 is 16.0 Å². The Labute approximate surface area is 106 Å². The molecule has 0 saturated carbocycles. The van der Waals surface area contributed by atoms with Crippen molar-refractivity contribution in [2.75, 3.05) is 18.1 Å². The third-order valence-electron chi connectivity index (χ3n) is 4.21. The molecule has 1 aromatic heterocycles. The molecule has 0 aliphatic carbocycles. The van der Waals surface area contributed by atoms with Gasteiger partial charge in [-0.1, -0.05) is 6.42 Å². The molecule has 0 spiro atoms. The molecule has 2 fully saturated rings. The standard InChI is InChI=1S/C12H20N4S/c1-16-9-3-2-4-10(16)6-8(5-9)14-12-7-11(13)15-17-12/h7-10,14H,2-6H2,1H3,(H2,13,15). The molecule has 0 aromatic carbocycles. The van der Waals surface area contributed by atoms with E-state index in [0.29, 0.717) is 11.9 Å². The number of hydrogen-bond acceptors (Lipinski definition) is 5. The number of hydrogen-bond donors (Lipinski definition) is 2. The predicted octanol–water partition coefficient (Wildman–Crippen LogP) is 2.15. The highest BCUT2D eigenvalue weighted by Crippen LogP contribution is 2.34. The maximum Gasteiger partial charge on any atom is 0.139 e. The average Bonchev–Trinajstić information content (AvgIpc) is 2.66. The third kappa shape index (κ3) is 2.26. The van der Waals surface area contributed by atoms with Crippen molar-refractivity contribution in [1.82, 2.24) is 9.27 Å². The minimum atomic E-state index is 0.598. The van der Waals surface area contributed by atoms with Gasteiger partial charge in [0.25, 0.3) is 0 Å². The maximum atomic E-state index is 5.65. The summed E-state index contributed by atoms with van der Waals surface area (Å²) >= 11 is 1.47. The van der Waals surface area contributed by atoms with Crippen molar-refractivity contribution in [3.05, 3.63) is 6.07 Å². The van der Waals surface area contributed by atoms with E-state index in [1.165, 1.54) is 43.6 Å². The number of nitrogens with two attached hydrogens (primary N) is 1. The van der Waals surface area contributed by atoms with Crippen LogP contribution in [0.15, 0.2) is 6.07 Å². The zero-order chi connectivity index (χ0) is 11.8. The van der Waals surface area contributed by atoms with Crippen LogP contribution in [0.3, 0.4) is 0 Å². The van der Waals surface area contributed by atoms with E-state index < -0.39 is 0 Å². The van der Waals surface area contributed by atoms with E-state index in [9.17, 15) is 0 Å². The number of nitrogen functional groups attached to an aromatic ring is 1. The first-order valence-electron chi connectivity index (χ1n) is 6.43. The van der Waals surface area contributed by atoms with Crippen LogP contribution >= 0.6 is 11.5 Å². The summed E-state index contributed by atoms with van der Waals surface area (Å²) in [6, 6.07) is 4.08. The predicted molar refractivity (Wildman–Crippen MR) is 72.4 cm³/mol. The van der Waals surface area contributed by atoms with Gasteiger partial charge in [-0.3, -0.25) is 0 Å². The summed E-state index contributed by atoms with van der Waals surface area (Å²) in [6.07, 6.45) is 6.63. The van der Waals surface area contributed by atoms with Crippen LogP contribution in [-0.2, 0) is 0 Å². The smallest absolute Gasteiger partial charge is 0.139 e. The Hall–Kier alpha value is -0.810. The molecule has 2 aliphatic rings. The summed E-state index contributed by atoms with van der Waals surface area (Å²) in [7, 11) is 2.29. The quantitative estimate of drug-likeness (QED) is 0.847. The Morgan fingerprint density at radius 1 is 1.41 bits per heavy atom. The second-order valence-electron chi connectivity index (χ2n) is 5.33.